The number of thiophene rings is 1. The number of nitriles is 1. The van der Waals surface area contributed by atoms with Crippen molar-refractivity contribution < 1.29 is 13.2 Å². The molecule has 2 aromatic rings. The van der Waals surface area contributed by atoms with E-state index in [9.17, 15) is 18.5 Å². The number of nitrogens with zero attached hydrogens (tertiary/aromatic N) is 4. The minimum Gasteiger partial charge on any atom is -0.316 e. The third-order valence-electron chi connectivity index (χ3n) is 5.34. The number of hydrogen-bond donors (Lipinski definition) is 1. The Morgan fingerprint density at radius 2 is 2.24 bits per heavy atom. The molecular formula is C18H21N5O3S3. The van der Waals surface area contributed by atoms with Crippen LogP contribution in [0.2, 0.25) is 0 Å². The standard InChI is InChI=1S/C18H21N5O3S3/c1-23-15(7-11-5-6-29(25,26)10-11)21-22-18(23)27-9-16(24)20-17-13(8-19)12-3-2-4-14(12)28-17/h11H,2-7,9-10H2,1H3,(H,20,24)/t11-/m1/s1. The number of aryl methyl sites for hydroxylation is 1. The molecule has 1 aliphatic heterocycles. The molecule has 29 heavy (non-hydrogen) atoms. The van der Waals surface area contributed by atoms with E-state index in [4.69, 9.17) is 0 Å². The lowest BCUT2D eigenvalue weighted by Crippen LogP contribution is -2.15. The molecule has 2 aliphatic rings. The van der Waals surface area contributed by atoms with Crippen molar-refractivity contribution in [1.82, 2.24) is 14.8 Å². The van der Waals surface area contributed by atoms with Crippen LogP contribution in [0.5, 0.6) is 0 Å². The van der Waals surface area contributed by atoms with Gasteiger partial charge in [-0.1, -0.05) is 11.8 Å². The fourth-order valence-corrected chi connectivity index (χ4v) is 7.69. The van der Waals surface area contributed by atoms with Crippen molar-refractivity contribution in [3.8, 4) is 6.07 Å². The van der Waals surface area contributed by atoms with E-state index in [1.54, 1.807) is 0 Å². The van der Waals surface area contributed by atoms with Gasteiger partial charge in [-0.15, -0.1) is 21.5 Å². The van der Waals surface area contributed by atoms with Crippen LogP contribution in [0.3, 0.4) is 0 Å². The molecule has 1 saturated heterocycles. The van der Waals surface area contributed by atoms with Gasteiger partial charge in [0.1, 0.15) is 16.9 Å². The van der Waals surface area contributed by atoms with Crippen LogP contribution in [-0.2, 0) is 40.9 Å². The Kier molecular flexibility index (Phi) is 5.68. The van der Waals surface area contributed by atoms with Crippen molar-refractivity contribution in [2.24, 2.45) is 13.0 Å². The zero-order valence-corrected chi connectivity index (χ0v) is 18.4. The summed E-state index contributed by atoms with van der Waals surface area (Å²) in [6.07, 6.45) is 4.18. The topological polar surface area (TPSA) is 118 Å². The molecule has 0 spiro atoms. The highest BCUT2D eigenvalue weighted by molar-refractivity contribution is 7.99. The summed E-state index contributed by atoms with van der Waals surface area (Å²) in [4.78, 5) is 13.6. The number of nitrogens with one attached hydrogen (secondary N) is 1. The first-order valence-electron chi connectivity index (χ1n) is 9.42. The van der Waals surface area contributed by atoms with Crippen molar-refractivity contribution in [3.63, 3.8) is 0 Å². The van der Waals surface area contributed by atoms with Gasteiger partial charge in [0.05, 0.1) is 22.8 Å². The second-order valence-corrected chi connectivity index (χ2v) is 11.7. The first-order chi connectivity index (χ1) is 13.9. The molecule has 11 heteroatoms. The predicted octanol–water partition coefficient (Wildman–Crippen LogP) is 1.94. The first kappa shape index (κ1) is 20.4. The van der Waals surface area contributed by atoms with E-state index in [0.29, 0.717) is 28.6 Å². The largest absolute Gasteiger partial charge is 0.316 e. The monoisotopic (exact) mass is 451 g/mol. The van der Waals surface area contributed by atoms with Gasteiger partial charge in [0, 0.05) is 18.3 Å². The lowest BCUT2D eigenvalue weighted by atomic mass is 10.1. The average molecular weight is 452 g/mol. The van der Waals surface area contributed by atoms with E-state index in [-0.39, 0.29) is 29.1 Å². The summed E-state index contributed by atoms with van der Waals surface area (Å²) in [6.45, 7) is 0. The van der Waals surface area contributed by atoms with E-state index in [0.717, 1.165) is 30.7 Å². The molecule has 3 heterocycles. The maximum absolute atomic E-state index is 12.4. The smallest absolute Gasteiger partial charge is 0.235 e. The molecule has 0 radical (unpaired) electrons. The summed E-state index contributed by atoms with van der Waals surface area (Å²) in [5.74, 6) is 1.24. The molecule has 154 valence electrons. The summed E-state index contributed by atoms with van der Waals surface area (Å²) in [6, 6.07) is 2.23. The second kappa shape index (κ2) is 8.08. The lowest BCUT2D eigenvalue weighted by Gasteiger charge is -2.08. The van der Waals surface area contributed by atoms with Crippen molar-refractivity contribution in [2.75, 3.05) is 22.6 Å². The molecule has 1 amide bonds. The van der Waals surface area contributed by atoms with Crippen LogP contribution in [0, 0.1) is 17.2 Å². The van der Waals surface area contributed by atoms with E-state index in [2.05, 4.69) is 21.6 Å². The lowest BCUT2D eigenvalue weighted by molar-refractivity contribution is -0.113. The van der Waals surface area contributed by atoms with Crippen molar-refractivity contribution in [2.45, 2.75) is 37.3 Å². The SMILES string of the molecule is Cn1c(C[C@H]2CCS(=O)(=O)C2)nnc1SCC(=O)Nc1sc2c(c1C#N)CCC2. The van der Waals surface area contributed by atoms with Crippen LogP contribution in [0.4, 0.5) is 5.00 Å². The van der Waals surface area contributed by atoms with Gasteiger partial charge in [-0.2, -0.15) is 5.26 Å². The number of rotatable bonds is 6. The summed E-state index contributed by atoms with van der Waals surface area (Å²) in [7, 11) is -1.09. The number of anilines is 1. The number of amides is 1. The number of sulfone groups is 1. The van der Waals surface area contributed by atoms with Crippen molar-refractivity contribution in [3.05, 3.63) is 21.8 Å². The zero-order valence-electron chi connectivity index (χ0n) is 16.0. The first-order valence-corrected chi connectivity index (χ1v) is 13.0. The molecule has 1 atom stereocenters. The maximum atomic E-state index is 12.4. The average Bonchev–Trinajstić information content (AvgIpc) is 3.40. The molecule has 4 rings (SSSR count). The second-order valence-electron chi connectivity index (χ2n) is 7.44. The van der Waals surface area contributed by atoms with Gasteiger partial charge in [-0.3, -0.25) is 4.79 Å². The summed E-state index contributed by atoms with van der Waals surface area (Å²) in [5.41, 5.74) is 1.70. The van der Waals surface area contributed by atoms with Gasteiger partial charge in [0.2, 0.25) is 5.91 Å². The van der Waals surface area contributed by atoms with Crippen molar-refractivity contribution >= 4 is 43.8 Å². The van der Waals surface area contributed by atoms with E-state index in [1.165, 1.54) is 28.0 Å². The molecule has 2 aromatic heterocycles. The molecule has 0 aromatic carbocycles. The van der Waals surface area contributed by atoms with Crippen molar-refractivity contribution in [1.29, 1.82) is 5.26 Å². The molecule has 0 bridgehead atoms. The van der Waals surface area contributed by atoms with Crippen LogP contribution in [-0.4, -0.2) is 46.3 Å². The van der Waals surface area contributed by atoms with Gasteiger partial charge in [-0.05, 0) is 37.2 Å². The fraction of sp³-hybridized carbons (Fsp3) is 0.556. The van der Waals surface area contributed by atoms with Crippen LogP contribution < -0.4 is 5.32 Å². The molecule has 8 nitrogen and oxygen atoms in total. The van der Waals surface area contributed by atoms with Crippen LogP contribution in [0.15, 0.2) is 5.16 Å². The number of thioether (sulfide) groups is 1. The molecule has 1 N–H and O–H groups in total. The van der Waals surface area contributed by atoms with Crippen LogP contribution >= 0.6 is 23.1 Å². The number of aromatic nitrogens is 3. The molecule has 1 aliphatic carbocycles. The number of carbonyl (C=O) groups is 1. The summed E-state index contributed by atoms with van der Waals surface area (Å²) >= 11 is 2.78. The number of hydrogen-bond acceptors (Lipinski definition) is 8. The Labute approximate surface area is 177 Å². The quantitative estimate of drug-likeness (QED) is 0.667. The third-order valence-corrected chi connectivity index (χ3v) is 9.41. The predicted molar refractivity (Wildman–Crippen MR) is 112 cm³/mol. The highest BCUT2D eigenvalue weighted by Gasteiger charge is 2.29. The van der Waals surface area contributed by atoms with Gasteiger partial charge >= 0.3 is 0 Å². The Morgan fingerprint density at radius 3 is 2.97 bits per heavy atom. The van der Waals surface area contributed by atoms with Gasteiger partial charge in [0.15, 0.2) is 15.0 Å². The minimum atomic E-state index is -2.92. The van der Waals surface area contributed by atoms with E-state index in [1.807, 2.05) is 11.6 Å². The summed E-state index contributed by atoms with van der Waals surface area (Å²) in [5, 5.41) is 21.9. The zero-order chi connectivity index (χ0) is 20.6. The number of carbonyl (C=O) groups excluding carboxylic acids is 1. The van der Waals surface area contributed by atoms with Crippen LogP contribution in [0.1, 0.15) is 34.7 Å². The van der Waals surface area contributed by atoms with Gasteiger partial charge < -0.3 is 9.88 Å². The van der Waals surface area contributed by atoms with E-state index < -0.39 is 9.84 Å². The third kappa shape index (κ3) is 4.34. The fourth-order valence-electron chi connectivity index (χ4n) is 3.84. The normalized spacial score (nSPS) is 19.8. The highest BCUT2D eigenvalue weighted by atomic mass is 32.2. The molecule has 1 fully saturated rings. The maximum Gasteiger partial charge on any atom is 0.235 e. The van der Waals surface area contributed by atoms with E-state index >= 15 is 0 Å². The molecule has 0 saturated carbocycles. The summed E-state index contributed by atoms with van der Waals surface area (Å²) < 4.78 is 25.1. The Morgan fingerprint density at radius 1 is 1.41 bits per heavy atom. The Bertz CT molecular complexity index is 1100. The highest BCUT2D eigenvalue weighted by Crippen LogP contribution is 2.38. The minimum absolute atomic E-state index is 0.0780. The number of fused-ring (bicyclic) bond motifs is 1. The molecular weight excluding hydrogens is 430 g/mol. The molecule has 0 unspecified atom stereocenters. The van der Waals surface area contributed by atoms with Crippen LogP contribution in [0.25, 0.3) is 0 Å². The van der Waals surface area contributed by atoms with Gasteiger partial charge in [0.25, 0.3) is 0 Å². The van der Waals surface area contributed by atoms with Gasteiger partial charge in [-0.25, -0.2) is 8.42 Å². The Balaban J connectivity index is 1.35. The Hall–Kier alpha value is -1.90.